The maximum Gasteiger partial charge on any atom is 0.224 e. The molecule has 1 aromatic carbocycles. The highest BCUT2D eigenvalue weighted by atomic mass is 35.5. The number of anilines is 2. The molecular weight excluding hydrogens is 286 g/mol. The number of nitrogen functional groups attached to an aromatic ring is 1. The van der Waals surface area contributed by atoms with Crippen LogP contribution in [0.4, 0.5) is 11.4 Å². The number of benzene rings is 1. The summed E-state index contributed by atoms with van der Waals surface area (Å²) in [6.45, 7) is 7.52. The molecule has 1 amide bonds. The van der Waals surface area contributed by atoms with E-state index in [-0.39, 0.29) is 5.91 Å². The summed E-state index contributed by atoms with van der Waals surface area (Å²) in [5, 5.41) is 3.39. The fourth-order valence-electron chi connectivity index (χ4n) is 2.06. The molecule has 0 fully saturated rings. The van der Waals surface area contributed by atoms with Gasteiger partial charge in [-0.05, 0) is 51.1 Å². The lowest BCUT2D eigenvalue weighted by Gasteiger charge is -2.27. The van der Waals surface area contributed by atoms with Gasteiger partial charge in [-0.1, -0.05) is 25.4 Å². The maximum atomic E-state index is 11.9. The highest BCUT2D eigenvalue weighted by molar-refractivity contribution is 6.31. The van der Waals surface area contributed by atoms with Gasteiger partial charge in [0.15, 0.2) is 0 Å². The van der Waals surface area contributed by atoms with Gasteiger partial charge < -0.3 is 16.0 Å². The van der Waals surface area contributed by atoms with E-state index in [1.165, 1.54) is 0 Å². The van der Waals surface area contributed by atoms with Crippen molar-refractivity contribution < 1.29 is 4.79 Å². The number of hydrogen-bond acceptors (Lipinski definition) is 3. The molecule has 0 aliphatic heterocycles. The number of rotatable bonds is 7. The number of hydrogen-bond donors (Lipinski definition) is 2. The van der Waals surface area contributed by atoms with Crippen molar-refractivity contribution in [1.82, 2.24) is 4.90 Å². The van der Waals surface area contributed by atoms with E-state index in [1.807, 2.05) is 0 Å². The second-order valence-electron chi connectivity index (χ2n) is 5.85. The van der Waals surface area contributed by atoms with Crippen LogP contribution >= 0.6 is 11.6 Å². The van der Waals surface area contributed by atoms with E-state index in [2.05, 4.69) is 38.0 Å². The Hall–Kier alpha value is -1.26. The Bertz CT molecular complexity index is 477. The number of carbonyl (C=O) groups excluding carboxylic acids is 1. The van der Waals surface area contributed by atoms with Crippen LogP contribution in [0.5, 0.6) is 0 Å². The molecule has 1 rings (SSSR count). The van der Waals surface area contributed by atoms with Crippen molar-refractivity contribution in [2.75, 3.05) is 24.6 Å². The second kappa shape index (κ2) is 8.25. The zero-order valence-electron chi connectivity index (χ0n) is 13.3. The molecule has 1 aromatic rings. The summed E-state index contributed by atoms with van der Waals surface area (Å²) in [5.41, 5.74) is 6.92. The zero-order valence-corrected chi connectivity index (χ0v) is 14.1. The molecule has 0 bridgehead atoms. The molecule has 21 heavy (non-hydrogen) atoms. The lowest BCUT2D eigenvalue weighted by atomic mass is 10.1. The standard InChI is InChI=1S/C16H26ClN3O/c1-11(2)12(3)20(4)9-5-6-16(21)19-15-8-7-13(17)10-14(15)18/h7-8,10-12H,5-6,9,18H2,1-4H3,(H,19,21). The van der Waals surface area contributed by atoms with Gasteiger partial charge in [-0.15, -0.1) is 0 Å². The predicted octanol–water partition coefficient (Wildman–Crippen LogP) is 3.62. The van der Waals surface area contributed by atoms with Gasteiger partial charge in [-0.25, -0.2) is 0 Å². The van der Waals surface area contributed by atoms with E-state index in [0.717, 1.165) is 13.0 Å². The van der Waals surface area contributed by atoms with Gasteiger partial charge in [0, 0.05) is 17.5 Å². The number of carbonyl (C=O) groups is 1. The summed E-state index contributed by atoms with van der Waals surface area (Å²) >= 11 is 5.83. The first-order chi connectivity index (χ1) is 9.81. The normalized spacial score (nSPS) is 12.7. The van der Waals surface area contributed by atoms with Crippen molar-refractivity contribution in [2.24, 2.45) is 5.92 Å². The first-order valence-corrected chi connectivity index (χ1v) is 7.74. The van der Waals surface area contributed by atoms with E-state index >= 15 is 0 Å². The Kier molecular flexibility index (Phi) is 6.99. The Balaban J connectivity index is 2.38. The third kappa shape index (κ3) is 5.94. The third-order valence-corrected chi connectivity index (χ3v) is 4.10. The fraction of sp³-hybridized carbons (Fsp3) is 0.562. The largest absolute Gasteiger partial charge is 0.397 e. The summed E-state index contributed by atoms with van der Waals surface area (Å²) in [4.78, 5) is 14.2. The maximum absolute atomic E-state index is 11.9. The Morgan fingerprint density at radius 2 is 2.05 bits per heavy atom. The van der Waals surface area contributed by atoms with Crippen LogP contribution in [0.25, 0.3) is 0 Å². The molecule has 0 aliphatic carbocycles. The van der Waals surface area contributed by atoms with Crippen LogP contribution in [0.2, 0.25) is 5.02 Å². The molecule has 0 spiro atoms. The molecule has 5 heteroatoms. The zero-order chi connectivity index (χ0) is 16.0. The van der Waals surface area contributed by atoms with Crippen LogP contribution in [0.15, 0.2) is 18.2 Å². The Labute approximate surface area is 132 Å². The van der Waals surface area contributed by atoms with Gasteiger partial charge in [0.05, 0.1) is 11.4 Å². The highest BCUT2D eigenvalue weighted by Crippen LogP contribution is 2.22. The summed E-state index contributed by atoms with van der Waals surface area (Å²) in [5.74, 6) is 0.590. The number of halogens is 1. The van der Waals surface area contributed by atoms with Crippen LogP contribution in [0, 0.1) is 5.92 Å². The van der Waals surface area contributed by atoms with Crippen molar-refractivity contribution in [3.05, 3.63) is 23.2 Å². The minimum atomic E-state index is -0.0189. The Morgan fingerprint density at radius 3 is 2.62 bits per heavy atom. The molecule has 118 valence electrons. The quantitative estimate of drug-likeness (QED) is 0.756. The molecule has 1 atom stereocenters. The van der Waals surface area contributed by atoms with E-state index in [1.54, 1.807) is 18.2 Å². The average Bonchev–Trinajstić information content (AvgIpc) is 2.40. The van der Waals surface area contributed by atoms with Gasteiger partial charge in [0.2, 0.25) is 5.91 Å². The number of amides is 1. The van der Waals surface area contributed by atoms with Crippen LogP contribution in [-0.4, -0.2) is 30.4 Å². The third-order valence-electron chi connectivity index (χ3n) is 3.86. The van der Waals surface area contributed by atoms with Crippen molar-refractivity contribution >= 4 is 28.9 Å². The van der Waals surface area contributed by atoms with Gasteiger partial charge in [-0.2, -0.15) is 0 Å². The van der Waals surface area contributed by atoms with Crippen LogP contribution < -0.4 is 11.1 Å². The van der Waals surface area contributed by atoms with E-state index in [4.69, 9.17) is 17.3 Å². The average molecular weight is 312 g/mol. The summed E-state index contributed by atoms with van der Waals surface area (Å²) < 4.78 is 0. The molecule has 3 N–H and O–H groups in total. The van der Waals surface area contributed by atoms with Gasteiger partial charge in [-0.3, -0.25) is 4.79 Å². The predicted molar refractivity (Wildman–Crippen MR) is 90.7 cm³/mol. The molecule has 4 nitrogen and oxygen atoms in total. The second-order valence-corrected chi connectivity index (χ2v) is 6.28. The SMILES string of the molecule is CC(C)C(C)N(C)CCCC(=O)Nc1ccc(Cl)cc1N. The molecule has 0 saturated carbocycles. The molecule has 0 radical (unpaired) electrons. The van der Waals surface area contributed by atoms with Crippen molar-refractivity contribution in [2.45, 2.75) is 39.7 Å². The topological polar surface area (TPSA) is 58.4 Å². The minimum Gasteiger partial charge on any atom is -0.397 e. The highest BCUT2D eigenvalue weighted by Gasteiger charge is 2.13. The molecule has 0 saturated heterocycles. The summed E-state index contributed by atoms with van der Waals surface area (Å²) in [6, 6.07) is 5.59. The molecule has 0 aliphatic rings. The minimum absolute atomic E-state index is 0.0189. The van der Waals surface area contributed by atoms with Crippen molar-refractivity contribution in [1.29, 1.82) is 0 Å². The van der Waals surface area contributed by atoms with Crippen molar-refractivity contribution in [3.8, 4) is 0 Å². The van der Waals surface area contributed by atoms with Crippen LogP contribution in [-0.2, 0) is 4.79 Å². The smallest absolute Gasteiger partial charge is 0.224 e. The molecule has 0 aromatic heterocycles. The molecular formula is C16H26ClN3O. The fourth-order valence-corrected chi connectivity index (χ4v) is 2.24. The number of nitrogens with zero attached hydrogens (tertiary/aromatic N) is 1. The Morgan fingerprint density at radius 1 is 1.38 bits per heavy atom. The van der Waals surface area contributed by atoms with E-state index in [0.29, 0.717) is 34.8 Å². The van der Waals surface area contributed by atoms with Gasteiger partial charge >= 0.3 is 0 Å². The van der Waals surface area contributed by atoms with Crippen molar-refractivity contribution in [3.63, 3.8) is 0 Å². The monoisotopic (exact) mass is 311 g/mol. The number of nitrogens with one attached hydrogen (secondary N) is 1. The first-order valence-electron chi connectivity index (χ1n) is 7.36. The first kappa shape index (κ1) is 17.8. The molecule has 0 heterocycles. The molecule has 1 unspecified atom stereocenters. The lowest BCUT2D eigenvalue weighted by molar-refractivity contribution is -0.116. The summed E-state index contributed by atoms with van der Waals surface area (Å²) in [7, 11) is 2.10. The van der Waals surface area contributed by atoms with E-state index < -0.39 is 0 Å². The van der Waals surface area contributed by atoms with E-state index in [9.17, 15) is 4.79 Å². The number of nitrogens with two attached hydrogens (primary N) is 1. The van der Waals surface area contributed by atoms with Crippen LogP contribution in [0.1, 0.15) is 33.6 Å². The van der Waals surface area contributed by atoms with Crippen LogP contribution in [0.3, 0.4) is 0 Å². The summed E-state index contributed by atoms with van der Waals surface area (Å²) in [6.07, 6.45) is 1.31. The van der Waals surface area contributed by atoms with Gasteiger partial charge in [0.25, 0.3) is 0 Å². The van der Waals surface area contributed by atoms with Gasteiger partial charge in [0.1, 0.15) is 0 Å². The lowest BCUT2D eigenvalue weighted by Crippen LogP contribution is -2.34.